The maximum Gasteiger partial charge on any atom is 0.229 e. The summed E-state index contributed by atoms with van der Waals surface area (Å²) in [5, 5.41) is 0. The minimum absolute atomic E-state index is 0.586. The zero-order chi connectivity index (χ0) is 14.0. The second kappa shape index (κ2) is 5.05. The van der Waals surface area contributed by atoms with Crippen molar-refractivity contribution in [3.05, 3.63) is 53.6 Å². The first-order valence-corrected chi connectivity index (χ1v) is 7.90. The van der Waals surface area contributed by atoms with Gasteiger partial charge >= 0.3 is 0 Å². The van der Waals surface area contributed by atoms with Gasteiger partial charge in [-0.05, 0) is 48.2 Å². The second-order valence-corrected chi connectivity index (χ2v) is 6.47. The van der Waals surface area contributed by atoms with E-state index in [1.165, 1.54) is 11.1 Å². The molecule has 0 bridgehead atoms. The predicted molar refractivity (Wildman–Crippen MR) is 79.8 cm³/mol. The van der Waals surface area contributed by atoms with Gasteiger partial charge in [-0.15, -0.1) is 0 Å². The van der Waals surface area contributed by atoms with Crippen molar-refractivity contribution >= 4 is 15.7 Å². The van der Waals surface area contributed by atoms with Gasteiger partial charge in [0.2, 0.25) is 10.0 Å². The highest BCUT2D eigenvalue weighted by molar-refractivity contribution is 7.92. The van der Waals surface area contributed by atoms with Crippen LogP contribution >= 0.6 is 0 Å². The van der Waals surface area contributed by atoms with Gasteiger partial charge in [0, 0.05) is 5.69 Å². The molecule has 0 unspecified atom stereocenters. The molecule has 100 valence electrons. The van der Waals surface area contributed by atoms with Crippen LogP contribution in [0.1, 0.15) is 11.1 Å². The Bertz CT molecular complexity index is 686. The van der Waals surface area contributed by atoms with Crippen molar-refractivity contribution in [1.82, 2.24) is 0 Å². The van der Waals surface area contributed by atoms with E-state index in [1.54, 1.807) is 6.07 Å². The van der Waals surface area contributed by atoms with Gasteiger partial charge in [-0.1, -0.05) is 30.3 Å². The first-order chi connectivity index (χ1) is 8.87. The summed E-state index contributed by atoms with van der Waals surface area (Å²) in [6, 6.07) is 13.6. The molecule has 0 amide bonds. The lowest BCUT2D eigenvalue weighted by Crippen LogP contribution is -2.09. The van der Waals surface area contributed by atoms with Crippen molar-refractivity contribution in [2.75, 3.05) is 11.0 Å². The molecule has 2 aromatic rings. The van der Waals surface area contributed by atoms with E-state index in [-0.39, 0.29) is 0 Å². The Morgan fingerprint density at radius 2 is 1.53 bits per heavy atom. The molecule has 0 saturated heterocycles. The normalized spacial score (nSPS) is 11.3. The lowest BCUT2D eigenvalue weighted by atomic mass is 9.96. The number of benzene rings is 2. The standard InChI is InChI=1S/C15H17NO2S/c1-11-6-4-7-12(2)15(11)13-8-5-9-14(10-13)16-19(3,17)18/h4-10,16H,1-3H3. The number of nitrogens with one attached hydrogen (secondary N) is 1. The monoisotopic (exact) mass is 275 g/mol. The molecule has 4 heteroatoms. The fourth-order valence-electron chi connectivity index (χ4n) is 2.22. The first-order valence-electron chi connectivity index (χ1n) is 6.01. The number of aryl methyl sites for hydroxylation is 2. The summed E-state index contributed by atoms with van der Waals surface area (Å²) in [7, 11) is -3.25. The Balaban J connectivity index is 2.50. The number of sulfonamides is 1. The third-order valence-electron chi connectivity index (χ3n) is 2.94. The SMILES string of the molecule is Cc1cccc(C)c1-c1cccc(NS(C)(=O)=O)c1. The van der Waals surface area contributed by atoms with Gasteiger partial charge in [-0.2, -0.15) is 0 Å². The molecule has 0 fully saturated rings. The molecule has 0 radical (unpaired) electrons. The molecule has 0 heterocycles. The van der Waals surface area contributed by atoms with Crippen LogP contribution in [-0.4, -0.2) is 14.7 Å². The molecule has 3 nitrogen and oxygen atoms in total. The van der Waals surface area contributed by atoms with Gasteiger partial charge < -0.3 is 0 Å². The number of anilines is 1. The molecule has 1 N–H and O–H groups in total. The van der Waals surface area contributed by atoms with Crippen LogP contribution in [0.15, 0.2) is 42.5 Å². The van der Waals surface area contributed by atoms with Crippen molar-refractivity contribution in [2.24, 2.45) is 0 Å². The summed E-state index contributed by atoms with van der Waals surface area (Å²) in [4.78, 5) is 0. The summed E-state index contributed by atoms with van der Waals surface area (Å²) in [6.45, 7) is 4.11. The van der Waals surface area contributed by atoms with E-state index >= 15 is 0 Å². The fourth-order valence-corrected chi connectivity index (χ4v) is 2.78. The van der Waals surface area contributed by atoms with Gasteiger partial charge in [0.25, 0.3) is 0 Å². The molecule has 0 aromatic heterocycles. The number of rotatable bonds is 3. The zero-order valence-corrected chi connectivity index (χ0v) is 12.1. The molecular weight excluding hydrogens is 258 g/mol. The molecule has 0 atom stereocenters. The van der Waals surface area contributed by atoms with Crippen LogP contribution < -0.4 is 4.72 Å². The van der Waals surface area contributed by atoms with Crippen LogP contribution in [0, 0.1) is 13.8 Å². The average molecular weight is 275 g/mol. The molecule has 2 aromatic carbocycles. The third-order valence-corrected chi connectivity index (χ3v) is 3.54. The van der Waals surface area contributed by atoms with E-state index in [2.05, 4.69) is 30.7 Å². The quantitative estimate of drug-likeness (QED) is 0.933. The maximum absolute atomic E-state index is 11.3. The van der Waals surface area contributed by atoms with Crippen molar-refractivity contribution in [1.29, 1.82) is 0 Å². The Kier molecular flexibility index (Phi) is 3.62. The van der Waals surface area contributed by atoms with E-state index in [0.29, 0.717) is 5.69 Å². The summed E-state index contributed by atoms with van der Waals surface area (Å²) in [6.07, 6.45) is 1.15. The van der Waals surface area contributed by atoms with Crippen LogP contribution in [0.2, 0.25) is 0 Å². The molecule has 0 saturated carbocycles. The smallest absolute Gasteiger partial charge is 0.229 e. The summed E-state index contributed by atoms with van der Waals surface area (Å²) < 4.78 is 25.0. The van der Waals surface area contributed by atoms with Crippen molar-refractivity contribution in [2.45, 2.75) is 13.8 Å². The van der Waals surface area contributed by atoms with Crippen molar-refractivity contribution < 1.29 is 8.42 Å². The lowest BCUT2D eigenvalue weighted by Gasteiger charge is -2.11. The Labute approximate surface area is 114 Å². The molecule has 2 rings (SSSR count). The van der Waals surface area contributed by atoms with E-state index < -0.39 is 10.0 Å². The highest BCUT2D eigenvalue weighted by Gasteiger charge is 2.07. The summed E-state index contributed by atoms with van der Waals surface area (Å²) >= 11 is 0. The van der Waals surface area contributed by atoms with Crippen LogP contribution in [0.3, 0.4) is 0 Å². The average Bonchev–Trinajstić information content (AvgIpc) is 2.26. The molecule has 0 spiro atoms. The van der Waals surface area contributed by atoms with Gasteiger partial charge in [0.1, 0.15) is 0 Å². The van der Waals surface area contributed by atoms with Gasteiger partial charge in [-0.3, -0.25) is 4.72 Å². The fraction of sp³-hybridized carbons (Fsp3) is 0.200. The third kappa shape index (κ3) is 3.35. The second-order valence-electron chi connectivity index (χ2n) is 4.72. The number of hydrogen-bond acceptors (Lipinski definition) is 2. The van der Waals surface area contributed by atoms with Crippen LogP contribution in [0.4, 0.5) is 5.69 Å². The van der Waals surface area contributed by atoms with Crippen LogP contribution in [0.5, 0.6) is 0 Å². The summed E-state index contributed by atoms with van der Waals surface area (Å²) in [5.74, 6) is 0. The molecule has 0 aliphatic heterocycles. The Morgan fingerprint density at radius 3 is 2.11 bits per heavy atom. The minimum atomic E-state index is -3.25. The summed E-state index contributed by atoms with van der Waals surface area (Å²) in [5.41, 5.74) is 5.11. The Hall–Kier alpha value is -1.81. The molecule has 0 aliphatic rings. The van der Waals surface area contributed by atoms with E-state index in [1.807, 2.05) is 24.3 Å². The highest BCUT2D eigenvalue weighted by atomic mass is 32.2. The zero-order valence-electron chi connectivity index (χ0n) is 11.3. The largest absolute Gasteiger partial charge is 0.284 e. The van der Waals surface area contributed by atoms with Gasteiger partial charge in [-0.25, -0.2) is 8.42 Å². The lowest BCUT2D eigenvalue weighted by molar-refractivity contribution is 0.607. The Morgan fingerprint density at radius 1 is 0.947 bits per heavy atom. The first kappa shape index (κ1) is 13.6. The maximum atomic E-state index is 11.3. The van der Waals surface area contributed by atoms with E-state index in [9.17, 15) is 8.42 Å². The number of hydrogen-bond donors (Lipinski definition) is 1. The van der Waals surface area contributed by atoms with E-state index in [4.69, 9.17) is 0 Å². The molecular formula is C15H17NO2S. The predicted octanol–water partition coefficient (Wildman–Crippen LogP) is 3.34. The van der Waals surface area contributed by atoms with Gasteiger partial charge in [0.05, 0.1) is 6.26 Å². The van der Waals surface area contributed by atoms with Crippen molar-refractivity contribution in [3.63, 3.8) is 0 Å². The van der Waals surface area contributed by atoms with Crippen LogP contribution in [-0.2, 0) is 10.0 Å². The van der Waals surface area contributed by atoms with Gasteiger partial charge in [0.15, 0.2) is 0 Å². The minimum Gasteiger partial charge on any atom is -0.284 e. The van der Waals surface area contributed by atoms with Crippen molar-refractivity contribution in [3.8, 4) is 11.1 Å². The molecule has 19 heavy (non-hydrogen) atoms. The molecule has 0 aliphatic carbocycles. The highest BCUT2D eigenvalue weighted by Crippen LogP contribution is 2.29. The van der Waals surface area contributed by atoms with Crippen LogP contribution in [0.25, 0.3) is 11.1 Å². The van der Waals surface area contributed by atoms with E-state index in [0.717, 1.165) is 17.4 Å². The topological polar surface area (TPSA) is 46.2 Å².